The molecule has 0 fully saturated rings. The van der Waals surface area contributed by atoms with Gasteiger partial charge in [0.15, 0.2) is 19.7 Å². The molecule has 1 rings (SSSR count). The predicted octanol–water partition coefficient (Wildman–Crippen LogP) is 0.858. The van der Waals surface area contributed by atoms with Gasteiger partial charge in [0.25, 0.3) is 0 Å². The van der Waals surface area contributed by atoms with Gasteiger partial charge < -0.3 is 0 Å². The molecule has 6 heteroatoms. The Bertz CT molecular complexity index is 456. The van der Waals surface area contributed by atoms with Crippen LogP contribution in [0.5, 0.6) is 0 Å². The van der Waals surface area contributed by atoms with Crippen molar-refractivity contribution < 1.29 is 16.8 Å². The van der Waals surface area contributed by atoms with Crippen LogP contribution in [0.1, 0.15) is 27.2 Å². The predicted molar refractivity (Wildman–Crippen MR) is 55.1 cm³/mol. The second kappa shape index (κ2) is 3.34. The molecule has 0 radical (unpaired) electrons. The lowest BCUT2D eigenvalue weighted by molar-refractivity contribution is 0.565. The summed E-state index contributed by atoms with van der Waals surface area (Å²) in [5, 5.41) is -0.775. The molecule has 2 unspecified atom stereocenters. The van der Waals surface area contributed by atoms with E-state index in [0.29, 0.717) is 0 Å². The second-order valence-electron chi connectivity index (χ2n) is 3.48. The molecule has 1 heterocycles. The summed E-state index contributed by atoms with van der Waals surface area (Å²) in [6.07, 6.45) is 0.235. The van der Waals surface area contributed by atoms with E-state index in [4.69, 9.17) is 0 Å². The number of hydrogen-bond acceptors (Lipinski definition) is 4. The van der Waals surface area contributed by atoms with Crippen molar-refractivity contribution in [2.45, 2.75) is 37.7 Å². The third-order valence-electron chi connectivity index (χ3n) is 2.68. The molecule has 4 nitrogen and oxygen atoms in total. The van der Waals surface area contributed by atoms with Crippen molar-refractivity contribution >= 4 is 19.7 Å². The zero-order chi connectivity index (χ0) is 11.1. The molecule has 82 valence electrons. The summed E-state index contributed by atoms with van der Waals surface area (Å²) in [5.41, 5.74) is 0. The van der Waals surface area contributed by atoms with E-state index >= 15 is 0 Å². The fourth-order valence-corrected chi connectivity index (χ4v) is 5.91. The van der Waals surface area contributed by atoms with Crippen LogP contribution in [0.3, 0.4) is 0 Å². The average molecular weight is 238 g/mol. The highest BCUT2D eigenvalue weighted by atomic mass is 32.2. The quantitative estimate of drug-likeness (QED) is 0.679. The lowest BCUT2D eigenvalue weighted by Crippen LogP contribution is -2.39. The van der Waals surface area contributed by atoms with Crippen molar-refractivity contribution in [3.8, 4) is 0 Å². The molecule has 1 aliphatic heterocycles. The van der Waals surface area contributed by atoms with Crippen LogP contribution >= 0.6 is 0 Å². The molecular weight excluding hydrogens is 224 g/mol. The molecule has 0 saturated heterocycles. The first-order chi connectivity index (χ1) is 6.23. The van der Waals surface area contributed by atoms with E-state index in [1.165, 1.54) is 13.8 Å². The Morgan fingerprint density at radius 2 is 1.64 bits per heavy atom. The minimum absolute atomic E-state index is 0.0306. The van der Waals surface area contributed by atoms with E-state index in [1.807, 2.05) is 0 Å². The van der Waals surface area contributed by atoms with Gasteiger partial charge in [-0.15, -0.1) is 0 Å². The Hall–Kier alpha value is -0.360. The van der Waals surface area contributed by atoms with E-state index in [9.17, 15) is 16.8 Å². The Balaban J connectivity index is 3.48. The summed E-state index contributed by atoms with van der Waals surface area (Å²) >= 11 is 0. The maximum atomic E-state index is 11.7. The normalized spacial score (nSPS) is 34.9. The van der Waals surface area contributed by atoms with Crippen LogP contribution < -0.4 is 0 Å². The van der Waals surface area contributed by atoms with Crippen molar-refractivity contribution in [3.63, 3.8) is 0 Å². The van der Waals surface area contributed by atoms with Gasteiger partial charge in [0.05, 0.1) is 15.4 Å². The van der Waals surface area contributed by atoms with Crippen molar-refractivity contribution in [2.75, 3.05) is 0 Å². The number of sulfone groups is 2. The molecular formula is C8H14O4S2. The summed E-state index contributed by atoms with van der Waals surface area (Å²) in [5.74, 6) is 0. The monoisotopic (exact) mass is 238 g/mol. The van der Waals surface area contributed by atoms with Crippen molar-refractivity contribution in [3.05, 3.63) is 10.3 Å². The summed E-state index contributed by atoms with van der Waals surface area (Å²) < 4.78 is 46.4. The Morgan fingerprint density at radius 1 is 1.14 bits per heavy atom. The number of hydrogen-bond donors (Lipinski definition) is 0. The second-order valence-corrected chi connectivity index (χ2v) is 8.00. The van der Waals surface area contributed by atoms with Crippen LogP contribution in [0.25, 0.3) is 0 Å². The zero-order valence-corrected chi connectivity index (χ0v) is 10.0. The third kappa shape index (κ3) is 1.61. The van der Waals surface area contributed by atoms with Crippen molar-refractivity contribution in [1.82, 2.24) is 0 Å². The molecule has 1 aliphatic rings. The molecule has 0 aliphatic carbocycles. The molecule has 2 atom stereocenters. The van der Waals surface area contributed by atoms with Crippen LogP contribution in [-0.4, -0.2) is 27.3 Å². The van der Waals surface area contributed by atoms with Gasteiger partial charge in [-0.05, 0) is 20.3 Å². The summed E-state index contributed by atoms with van der Waals surface area (Å²) in [7, 11) is -6.77. The van der Waals surface area contributed by atoms with Crippen LogP contribution in [0.2, 0.25) is 0 Å². The highest BCUT2D eigenvalue weighted by Gasteiger charge is 2.40. The largest absolute Gasteiger partial charge is 0.224 e. The Kier molecular flexibility index (Phi) is 2.80. The summed E-state index contributed by atoms with van der Waals surface area (Å²) in [6, 6.07) is 0. The van der Waals surface area contributed by atoms with Gasteiger partial charge in [-0.25, -0.2) is 16.8 Å². The topological polar surface area (TPSA) is 68.3 Å². The van der Waals surface area contributed by atoms with Gasteiger partial charge in [0, 0.05) is 5.41 Å². The lowest BCUT2D eigenvalue weighted by Gasteiger charge is -2.25. The highest BCUT2D eigenvalue weighted by Crippen LogP contribution is 2.29. The van der Waals surface area contributed by atoms with Crippen LogP contribution in [0.4, 0.5) is 0 Å². The van der Waals surface area contributed by atoms with Crippen molar-refractivity contribution in [2.24, 2.45) is 0 Å². The van der Waals surface area contributed by atoms with Gasteiger partial charge in [-0.3, -0.25) is 0 Å². The summed E-state index contributed by atoms with van der Waals surface area (Å²) in [6.45, 7) is 4.52. The fourth-order valence-electron chi connectivity index (χ4n) is 1.40. The van der Waals surface area contributed by atoms with E-state index in [-0.39, 0.29) is 11.3 Å². The Labute approximate surface area is 84.8 Å². The van der Waals surface area contributed by atoms with Gasteiger partial charge in [-0.2, -0.15) is 0 Å². The van der Waals surface area contributed by atoms with E-state index in [2.05, 4.69) is 0 Å². The summed E-state index contributed by atoms with van der Waals surface area (Å²) in [4.78, 5) is 0.0306. The number of rotatable bonds is 1. The first-order valence-corrected chi connectivity index (χ1v) is 7.57. The highest BCUT2D eigenvalue weighted by molar-refractivity contribution is 8.02. The minimum Gasteiger partial charge on any atom is -0.224 e. The average Bonchev–Trinajstić information content (AvgIpc) is 2.09. The molecule has 0 N–H and O–H groups in total. The smallest absolute Gasteiger partial charge is 0.179 e. The first kappa shape index (κ1) is 11.7. The zero-order valence-electron chi connectivity index (χ0n) is 8.39. The minimum atomic E-state index is -3.39. The molecule has 0 saturated carbocycles. The molecule has 0 amide bonds. The van der Waals surface area contributed by atoms with E-state index < -0.39 is 30.2 Å². The van der Waals surface area contributed by atoms with E-state index in [0.717, 1.165) is 5.41 Å². The fraction of sp³-hybridized carbons (Fsp3) is 0.750. The van der Waals surface area contributed by atoms with Gasteiger partial charge in [0.2, 0.25) is 0 Å². The standard InChI is InChI=1S/C8H14O4S2/c1-4-8-5-13(9,10)6(2)7(3)14(8,11)12/h5-7H,4H2,1-3H3. The third-order valence-corrected chi connectivity index (χ3v) is 7.58. The lowest BCUT2D eigenvalue weighted by atomic mass is 10.4. The van der Waals surface area contributed by atoms with Crippen molar-refractivity contribution in [1.29, 1.82) is 0 Å². The van der Waals surface area contributed by atoms with Gasteiger partial charge >= 0.3 is 0 Å². The maximum Gasteiger partial charge on any atom is 0.179 e. The van der Waals surface area contributed by atoms with Crippen LogP contribution in [0, 0.1) is 0 Å². The van der Waals surface area contributed by atoms with Crippen LogP contribution in [-0.2, 0) is 19.7 Å². The van der Waals surface area contributed by atoms with Gasteiger partial charge in [0.1, 0.15) is 0 Å². The molecule has 0 bridgehead atoms. The molecule has 0 aromatic rings. The molecule has 0 spiro atoms. The Morgan fingerprint density at radius 3 is 2.07 bits per heavy atom. The van der Waals surface area contributed by atoms with E-state index in [1.54, 1.807) is 6.92 Å². The van der Waals surface area contributed by atoms with Gasteiger partial charge in [-0.1, -0.05) is 6.92 Å². The maximum absolute atomic E-state index is 11.7. The number of allylic oxidation sites excluding steroid dienone is 1. The first-order valence-electron chi connectivity index (χ1n) is 4.42. The molecule has 0 aromatic heterocycles. The van der Waals surface area contributed by atoms with Crippen LogP contribution in [0.15, 0.2) is 10.3 Å². The molecule has 14 heavy (non-hydrogen) atoms. The SMILES string of the molecule is CCC1=CS(=O)(=O)C(C)C(C)S1(=O)=O. The molecule has 0 aromatic carbocycles.